The van der Waals surface area contributed by atoms with Gasteiger partial charge < -0.3 is 14.3 Å². The molecule has 2 N–H and O–H groups in total. The van der Waals surface area contributed by atoms with Gasteiger partial charge in [-0.1, -0.05) is 66.7 Å². The summed E-state index contributed by atoms with van der Waals surface area (Å²) in [5.74, 6) is 0.801. The fourth-order valence-electron chi connectivity index (χ4n) is 3.85. The summed E-state index contributed by atoms with van der Waals surface area (Å²) < 4.78 is 11.2. The number of aromatic nitrogens is 1. The first-order valence-corrected chi connectivity index (χ1v) is 11.0. The molecule has 0 aliphatic heterocycles. The van der Waals surface area contributed by atoms with Crippen LogP contribution in [-0.4, -0.2) is 23.1 Å². The molecule has 35 heavy (non-hydrogen) atoms. The number of nitrogens with one attached hydrogen (secondary N) is 1. The number of carbonyl (C=O) groups excluding carboxylic acids is 1. The van der Waals surface area contributed by atoms with Gasteiger partial charge in [0.15, 0.2) is 0 Å². The molecule has 0 unspecified atom stereocenters. The smallest absolute Gasteiger partial charge is 0.258 e. The minimum Gasteiger partial charge on any atom is -0.507 e. The van der Waals surface area contributed by atoms with Gasteiger partial charge in [-0.3, -0.25) is 10.1 Å². The van der Waals surface area contributed by atoms with Gasteiger partial charge in [-0.25, -0.2) is 4.98 Å². The number of phenols is 1. The molecular formula is C29H22N2O4. The van der Waals surface area contributed by atoms with Gasteiger partial charge in [-0.05, 0) is 35.9 Å². The molecule has 0 fully saturated rings. The summed E-state index contributed by atoms with van der Waals surface area (Å²) in [5, 5.41) is 13.4. The normalized spacial score (nSPS) is 10.7. The lowest BCUT2D eigenvalue weighted by Crippen LogP contribution is -2.13. The number of rotatable bonds is 6. The van der Waals surface area contributed by atoms with E-state index in [1.165, 1.54) is 13.2 Å². The third-order valence-corrected chi connectivity index (χ3v) is 5.59. The molecule has 4 aromatic carbocycles. The summed E-state index contributed by atoms with van der Waals surface area (Å²) in [4.78, 5) is 18.1. The highest BCUT2D eigenvalue weighted by Gasteiger charge is 2.21. The Morgan fingerprint density at radius 3 is 2.17 bits per heavy atom. The molecule has 1 amide bonds. The van der Waals surface area contributed by atoms with Crippen molar-refractivity contribution in [2.75, 3.05) is 12.4 Å². The monoisotopic (exact) mass is 462 g/mol. The molecule has 0 bridgehead atoms. The van der Waals surface area contributed by atoms with E-state index in [1.54, 1.807) is 30.3 Å². The quantitative estimate of drug-likeness (QED) is 0.295. The van der Waals surface area contributed by atoms with E-state index in [9.17, 15) is 9.90 Å². The molecule has 1 aromatic heterocycles. The Balaban J connectivity index is 1.54. The van der Waals surface area contributed by atoms with Crippen molar-refractivity contribution in [1.29, 1.82) is 0 Å². The molecule has 0 aliphatic carbocycles. The van der Waals surface area contributed by atoms with Gasteiger partial charge in [0, 0.05) is 28.3 Å². The van der Waals surface area contributed by atoms with Gasteiger partial charge in [0.2, 0.25) is 11.8 Å². The van der Waals surface area contributed by atoms with Crippen LogP contribution >= 0.6 is 0 Å². The molecule has 1 heterocycles. The fraction of sp³-hybridized carbons (Fsp3) is 0.0345. The molecule has 5 rings (SSSR count). The summed E-state index contributed by atoms with van der Waals surface area (Å²) in [6.45, 7) is 0. The van der Waals surface area contributed by atoms with E-state index in [1.807, 2.05) is 66.7 Å². The van der Waals surface area contributed by atoms with Crippen LogP contribution in [-0.2, 0) is 0 Å². The molecule has 6 nitrogen and oxygen atoms in total. The van der Waals surface area contributed by atoms with Crippen LogP contribution in [0.3, 0.4) is 0 Å². The standard InChI is InChI=1S/C29H22N2O4/c1-34-21-16-17-23(25(32)18-21)22-14-8-9-15-24(22)27(33)31-29-26(19-10-4-2-5-11-19)30-28(35-29)20-12-6-3-7-13-20/h2-18,32H,1H3,(H,31,33). The molecule has 0 saturated carbocycles. The highest BCUT2D eigenvalue weighted by molar-refractivity contribution is 6.09. The minimum atomic E-state index is -0.385. The predicted octanol–water partition coefficient (Wildman–Crippen LogP) is 6.64. The third kappa shape index (κ3) is 4.50. The van der Waals surface area contributed by atoms with E-state index in [4.69, 9.17) is 9.15 Å². The first kappa shape index (κ1) is 22.0. The number of amides is 1. The number of phenolic OH excluding ortho intramolecular Hbond substituents is 1. The van der Waals surface area contributed by atoms with E-state index in [0.717, 1.165) is 11.1 Å². The van der Waals surface area contributed by atoms with E-state index in [2.05, 4.69) is 10.3 Å². The van der Waals surface area contributed by atoms with E-state index < -0.39 is 0 Å². The summed E-state index contributed by atoms with van der Waals surface area (Å²) in [5.41, 5.74) is 3.62. The van der Waals surface area contributed by atoms with Gasteiger partial charge >= 0.3 is 0 Å². The second kappa shape index (κ2) is 9.57. The van der Waals surface area contributed by atoms with Crippen LogP contribution < -0.4 is 10.1 Å². The summed E-state index contributed by atoms with van der Waals surface area (Å²) in [6.07, 6.45) is 0. The summed E-state index contributed by atoms with van der Waals surface area (Å²) >= 11 is 0. The number of oxazole rings is 1. The summed E-state index contributed by atoms with van der Waals surface area (Å²) in [6, 6.07) is 31.1. The van der Waals surface area contributed by atoms with Crippen LogP contribution in [0.2, 0.25) is 0 Å². The van der Waals surface area contributed by atoms with Gasteiger partial charge in [0.1, 0.15) is 17.2 Å². The second-order valence-corrected chi connectivity index (χ2v) is 7.81. The third-order valence-electron chi connectivity index (χ3n) is 5.59. The van der Waals surface area contributed by atoms with Crippen LogP contribution in [0, 0.1) is 0 Å². The molecule has 172 valence electrons. The van der Waals surface area contributed by atoms with Crippen molar-refractivity contribution >= 4 is 11.8 Å². The van der Waals surface area contributed by atoms with Crippen LogP contribution in [0.15, 0.2) is 108 Å². The average Bonchev–Trinajstić information content (AvgIpc) is 3.33. The lowest BCUT2D eigenvalue weighted by Gasteiger charge is -2.12. The SMILES string of the molecule is COc1ccc(-c2ccccc2C(=O)Nc2oc(-c3ccccc3)nc2-c2ccccc2)c(O)c1. The Hall–Kier alpha value is -4.84. The first-order valence-electron chi connectivity index (χ1n) is 11.0. The number of hydrogen-bond acceptors (Lipinski definition) is 5. The first-order chi connectivity index (χ1) is 17.1. The zero-order valence-electron chi connectivity index (χ0n) is 18.9. The zero-order chi connectivity index (χ0) is 24.2. The molecule has 0 spiro atoms. The van der Waals surface area contributed by atoms with E-state index in [-0.39, 0.29) is 17.5 Å². The van der Waals surface area contributed by atoms with Crippen molar-refractivity contribution in [3.8, 4) is 45.3 Å². The Morgan fingerprint density at radius 1 is 0.829 bits per heavy atom. The second-order valence-electron chi connectivity index (χ2n) is 7.81. The molecule has 6 heteroatoms. The largest absolute Gasteiger partial charge is 0.507 e. The lowest BCUT2D eigenvalue weighted by atomic mass is 9.98. The van der Waals surface area contributed by atoms with Crippen LogP contribution in [0.5, 0.6) is 11.5 Å². The number of aromatic hydroxyl groups is 1. The van der Waals surface area contributed by atoms with Crippen LogP contribution in [0.4, 0.5) is 5.88 Å². The van der Waals surface area contributed by atoms with Crippen molar-refractivity contribution in [3.63, 3.8) is 0 Å². The van der Waals surface area contributed by atoms with Crippen molar-refractivity contribution < 1.29 is 19.1 Å². The number of benzene rings is 4. The molecule has 0 atom stereocenters. The maximum Gasteiger partial charge on any atom is 0.258 e. The molecule has 0 radical (unpaired) electrons. The number of carbonyl (C=O) groups is 1. The number of ether oxygens (including phenoxy) is 1. The van der Waals surface area contributed by atoms with Crippen molar-refractivity contribution in [2.24, 2.45) is 0 Å². The maximum absolute atomic E-state index is 13.5. The molecule has 0 aliphatic rings. The Morgan fingerprint density at radius 2 is 1.49 bits per heavy atom. The van der Waals surface area contributed by atoms with E-state index in [0.29, 0.717) is 34.0 Å². The average molecular weight is 463 g/mol. The van der Waals surface area contributed by atoms with Crippen LogP contribution in [0.1, 0.15) is 10.4 Å². The lowest BCUT2D eigenvalue weighted by molar-refractivity contribution is 0.102. The molecule has 0 saturated heterocycles. The van der Waals surface area contributed by atoms with Gasteiger partial charge in [-0.15, -0.1) is 0 Å². The van der Waals surface area contributed by atoms with Crippen molar-refractivity contribution in [2.45, 2.75) is 0 Å². The number of hydrogen-bond donors (Lipinski definition) is 2. The van der Waals surface area contributed by atoms with Gasteiger partial charge in [0.25, 0.3) is 5.91 Å². The van der Waals surface area contributed by atoms with Gasteiger partial charge in [-0.2, -0.15) is 0 Å². The van der Waals surface area contributed by atoms with Crippen LogP contribution in [0.25, 0.3) is 33.8 Å². The Bertz CT molecular complexity index is 1480. The van der Waals surface area contributed by atoms with E-state index >= 15 is 0 Å². The van der Waals surface area contributed by atoms with Crippen molar-refractivity contribution in [3.05, 3.63) is 109 Å². The summed E-state index contributed by atoms with van der Waals surface area (Å²) in [7, 11) is 1.53. The molecule has 5 aromatic rings. The molecular weight excluding hydrogens is 440 g/mol. The van der Waals surface area contributed by atoms with Crippen molar-refractivity contribution in [1.82, 2.24) is 4.98 Å². The fourth-order valence-corrected chi connectivity index (χ4v) is 3.85. The highest BCUT2D eigenvalue weighted by Crippen LogP contribution is 2.36. The number of methoxy groups -OCH3 is 1. The number of anilines is 1. The maximum atomic E-state index is 13.5. The predicted molar refractivity (Wildman–Crippen MR) is 135 cm³/mol. The zero-order valence-corrected chi connectivity index (χ0v) is 18.9. The Labute approximate surface area is 202 Å². The highest BCUT2D eigenvalue weighted by atomic mass is 16.5. The topological polar surface area (TPSA) is 84.6 Å². The minimum absolute atomic E-state index is 0.0144. The number of nitrogens with zero attached hydrogens (tertiary/aromatic N) is 1. The van der Waals surface area contributed by atoms with Gasteiger partial charge in [0.05, 0.1) is 7.11 Å². The Kier molecular flexibility index (Phi) is 6.01.